The number of anilines is 1. The van der Waals surface area contributed by atoms with Gasteiger partial charge in [-0.25, -0.2) is 8.42 Å². The standard InChI is InChI=1S/C12H18BrN3O2S/c13-11-8-12(10-14-9-11)15-2-1-3-16-4-6-19(17,18)7-5-16/h8-10,15H,1-7H2. The van der Waals surface area contributed by atoms with Crippen molar-refractivity contribution in [1.82, 2.24) is 9.88 Å². The highest BCUT2D eigenvalue weighted by molar-refractivity contribution is 9.10. The first-order valence-corrected chi connectivity index (χ1v) is 8.94. The average Bonchev–Trinajstić information content (AvgIpc) is 2.36. The number of sulfone groups is 1. The Morgan fingerprint density at radius 3 is 2.74 bits per heavy atom. The van der Waals surface area contributed by atoms with Crippen LogP contribution in [0.5, 0.6) is 0 Å². The molecule has 0 saturated carbocycles. The zero-order valence-corrected chi connectivity index (χ0v) is 13.1. The first kappa shape index (κ1) is 14.7. The molecule has 19 heavy (non-hydrogen) atoms. The van der Waals surface area contributed by atoms with E-state index in [9.17, 15) is 8.42 Å². The van der Waals surface area contributed by atoms with Crippen molar-refractivity contribution in [2.75, 3.05) is 43.0 Å². The highest BCUT2D eigenvalue weighted by Gasteiger charge is 2.20. The first-order valence-electron chi connectivity index (χ1n) is 6.32. The van der Waals surface area contributed by atoms with Gasteiger partial charge in [0.15, 0.2) is 9.84 Å². The van der Waals surface area contributed by atoms with Crippen molar-refractivity contribution >= 4 is 31.5 Å². The van der Waals surface area contributed by atoms with Crippen molar-refractivity contribution in [3.63, 3.8) is 0 Å². The summed E-state index contributed by atoms with van der Waals surface area (Å²) in [4.78, 5) is 6.29. The van der Waals surface area contributed by atoms with Crippen LogP contribution in [0.4, 0.5) is 5.69 Å². The molecule has 1 aromatic heterocycles. The van der Waals surface area contributed by atoms with E-state index < -0.39 is 9.84 Å². The van der Waals surface area contributed by atoms with Crippen molar-refractivity contribution in [2.45, 2.75) is 6.42 Å². The van der Waals surface area contributed by atoms with Gasteiger partial charge in [0.1, 0.15) is 0 Å². The van der Waals surface area contributed by atoms with Crippen molar-refractivity contribution in [3.05, 3.63) is 22.9 Å². The minimum atomic E-state index is -2.76. The minimum absolute atomic E-state index is 0.302. The summed E-state index contributed by atoms with van der Waals surface area (Å²) in [6, 6.07) is 1.99. The molecule has 0 aromatic carbocycles. The molecule has 0 unspecified atom stereocenters. The van der Waals surface area contributed by atoms with Crippen LogP contribution in [0.2, 0.25) is 0 Å². The summed E-state index contributed by atoms with van der Waals surface area (Å²) in [5, 5.41) is 3.30. The highest BCUT2D eigenvalue weighted by Crippen LogP contribution is 2.13. The molecule has 1 saturated heterocycles. The van der Waals surface area contributed by atoms with Crippen molar-refractivity contribution in [3.8, 4) is 0 Å². The van der Waals surface area contributed by atoms with Gasteiger partial charge in [-0.2, -0.15) is 0 Å². The summed E-state index contributed by atoms with van der Waals surface area (Å²) in [5.41, 5.74) is 0.996. The molecule has 2 rings (SSSR count). The van der Waals surface area contributed by atoms with Gasteiger partial charge in [0.05, 0.1) is 23.4 Å². The topological polar surface area (TPSA) is 62.3 Å². The Morgan fingerprint density at radius 2 is 2.05 bits per heavy atom. The smallest absolute Gasteiger partial charge is 0.152 e. The maximum Gasteiger partial charge on any atom is 0.152 e. The van der Waals surface area contributed by atoms with E-state index in [1.54, 1.807) is 12.4 Å². The van der Waals surface area contributed by atoms with Gasteiger partial charge in [-0.3, -0.25) is 4.98 Å². The lowest BCUT2D eigenvalue weighted by molar-refractivity contribution is 0.295. The number of halogens is 1. The second kappa shape index (κ2) is 6.67. The number of aromatic nitrogens is 1. The molecule has 5 nitrogen and oxygen atoms in total. The van der Waals surface area contributed by atoms with Gasteiger partial charge in [-0.05, 0) is 35.0 Å². The van der Waals surface area contributed by atoms with E-state index in [2.05, 4.69) is 31.1 Å². The average molecular weight is 348 g/mol. The van der Waals surface area contributed by atoms with Gasteiger partial charge >= 0.3 is 0 Å². The molecule has 0 amide bonds. The highest BCUT2D eigenvalue weighted by atomic mass is 79.9. The molecule has 1 N–H and O–H groups in total. The predicted octanol–water partition coefficient (Wildman–Crippen LogP) is 1.38. The van der Waals surface area contributed by atoms with E-state index in [1.165, 1.54) is 0 Å². The number of pyridine rings is 1. The van der Waals surface area contributed by atoms with Crippen molar-refractivity contribution < 1.29 is 8.42 Å². The third kappa shape index (κ3) is 5.08. The Kier molecular flexibility index (Phi) is 5.18. The summed E-state index contributed by atoms with van der Waals surface area (Å²) in [6.45, 7) is 3.13. The van der Waals surface area contributed by atoms with Crippen LogP contribution in [0.25, 0.3) is 0 Å². The lowest BCUT2D eigenvalue weighted by Crippen LogP contribution is -2.41. The van der Waals surface area contributed by atoms with Gasteiger partial charge in [0, 0.05) is 30.3 Å². The number of nitrogens with one attached hydrogen (secondary N) is 1. The molecule has 1 aromatic rings. The molecule has 2 heterocycles. The molecule has 1 aliphatic rings. The molecule has 0 bridgehead atoms. The Hall–Kier alpha value is -0.660. The second-order valence-corrected chi connectivity index (χ2v) is 7.88. The normalized spacial score (nSPS) is 19.2. The Balaban J connectivity index is 1.65. The molecule has 1 fully saturated rings. The largest absolute Gasteiger partial charge is 0.384 e. The fraction of sp³-hybridized carbons (Fsp3) is 0.583. The van der Waals surface area contributed by atoms with Crippen molar-refractivity contribution in [2.24, 2.45) is 0 Å². The zero-order valence-electron chi connectivity index (χ0n) is 10.7. The second-order valence-electron chi connectivity index (χ2n) is 4.67. The Morgan fingerprint density at radius 1 is 1.32 bits per heavy atom. The molecule has 0 aliphatic carbocycles. The maximum atomic E-state index is 11.3. The van der Waals surface area contributed by atoms with Crippen LogP contribution < -0.4 is 5.32 Å². The van der Waals surface area contributed by atoms with Crippen LogP contribution in [0.3, 0.4) is 0 Å². The fourth-order valence-corrected chi connectivity index (χ4v) is 3.66. The van der Waals surface area contributed by atoms with Gasteiger partial charge < -0.3 is 10.2 Å². The van der Waals surface area contributed by atoms with E-state index in [0.717, 1.165) is 29.7 Å². The molecule has 0 radical (unpaired) electrons. The molecule has 106 valence electrons. The third-order valence-electron chi connectivity index (χ3n) is 3.12. The van der Waals surface area contributed by atoms with E-state index in [4.69, 9.17) is 0 Å². The monoisotopic (exact) mass is 347 g/mol. The van der Waals surface area contributed by atoms with Crippen LogP contribution in [0.1, 0.15) is 6.42 Å². The molecule has 0 spiro atoms. The lowest BCUT2D eigenvalue weighted by Gasteiger charge is -2.26. The minimum Gasteiger partial charge on any atom is -0.384 e. The SMILES string of the molecule is O=S1(=O)CCN(CCCNc2cncc(Br)c2)CC1. The molecular formula is C12H18BrN3O2S. The first-order chi connectivity index (χ1) is 9.05. The Bertz CT molecular complexity index is 507. The predicted molar refractivity (Wildman–Crippen MR) is 80.1 cm³/mol. The van der Waals surface area contributed by atoms with E-state index >= 15 is 0 Å². The quantitative estimate of drug-likeness (QED) is 0.815. The summed E-state index contributed by atoms with van der Waals surface area (Å²) in [5.74, 6) is 0.603. The fourth-order valence-electron chi connectivity index (χ4n) is 2.02. The van der Waals surface area contributed by atoms with E-state index in [-0.39, 0.29) is 0 Å². The van der Waals surface area contributed by atoms with E-state index in [1.807, 2.05) is 6.07 Å². The van der Waals surface area contributed by atoms with Crippen LogP contribution in [-0.2, 0) is 9.84 Å². The summed E-state index contributed by atoms with van der Waals surface area (Å²) in [7, 11) is -2.76. The summed E-state index contributed by atoms with van der Waals surface area (Å²) in [6.07, 6.45) is 4.53. The zero-order chi connectivity index (χ0) is 13.7. The molecular weight excluding hydrogens is 330 g/mol. The van der Waals surface area contributed by atoms with Crippen molar-refractivity contribution in [1.29, 1.82) is 0 Å². The van der Waals surface area contributed by atoms with E-state index in [0.29, 0.717) is 24.6 Å². The molecule has 7 heteroatoms. The van der Waals surface area contributed by atoms with Gasteiger partial charge in [0.25, 0.3) is 0 Å². The molecule has 1 aliphatic heterocycles. The number of hydrogen-bond acceptors (Lipinski definition) is 5. The number of hydrogen-bond donors (Lipinski definition) is 1. The van der Waals surface area contributed by atoms with Gasteiger partial charge in [-0.1, -0.05) is 0 Å². The molecule has 0 atom stereocenters. The summed E-state index contributed by atoms with van der Waals surface area (Å²) < 4.78 is 23.5. The number of nitrogens with zero attached hydrogens (tertiary/aromatic N) is 2. The van der Waals surface area contributed by atoms with Crippen LogP contribution in [0.15, 0.2) is 22.9 Å². The van der Waals surface area contributed by atoms with Crippen LogP contribution in [0, 0.1) is 0 Å². The maximum absolute atomic E-state index is 11.3. The lowest BCUT2D eigenvalue weighted by atomic mass is 10.3. The van der Waals surface area contributed by atoms with Gasteiger partial charge in [0.2, 0.25) is 0 Å². The summed E-state index contributed by atoms with van der Waals surface area (Å²) >= 11 is 3.38. The van der Waals surface area contributed by atoms with Crippen LogP contribution in [-0.4, -0.2) is 56.0 Å². The number of rotatable bonds is 5. The third-order valence-corrected chi connectivity index (χ3v) is 5.16. The van der Waals surface area contributed by atoms with Gasteiger partial charge in [-0.15, -0.1) is 0 Å². The Labute approximate surface area is 122 Å². The van der Waals surface area contributed by atoms with Crippen LogP contribution >= 0.6 is 15.9 Å².